The van der Waals surface area contributed by atoms with Crippen LogP contribution in [0.2, 0.25) is 0 Å². The molecule has 7 heteroatoms. The van der Waals surface area contributed by atoms with E-state index in [0.29, 0.717) is 19.3 Å². The number of carbonyl (C=O) groups is 2. The summed E-state index contributed by atoms with van der Waals surface area (Å²) in [5.74, 6) is -1.50. The normalized spacial score (nSPS) is 14.3. The van der Waals surface area contributed by atoms with Crippen LogP contribution in [-0.2, 0) is 19.1 Å². The molecule has 0 bridgehead atoms. The minimum absolute atomic E-state index is 0.310. The Balaban J connectivity index is 5.04. The number of carbonyl (C=O) groups excluding carboxylic acids is 2. The SMILES string of the molecule is CCC(CC)(CC(=O)OC(C)C(F)(F)F)OC(=O)C(C)(C)CC. The summed E-state index contributed by atoms with van der Waals surface area (Å²) in [4.78, 5) is 24.1. The van der Waals surface area contributed by atoms with Crippen LogP contribution in [0.5, 0.6) is 0 Å². The van der Waals surface area contributed by atoms with Gasteiger partial charge in [0.15, 0.2) is 6.10 Å². The first kappa shape index (κ1) is 21.7. The van der Waals surface area contributed by atoms with Gasteiger partial charge in [0.25, 0.3) is 0 Å². The van der Waals surface area contributed by atoms with E-state index in [0.717, 1.165) is 6.92 Å². The second kappa shape index (κ2) is 8.02. The maximum Gasteiger partial charge on any atom is 0.425 e. The highest BCUT2D eigenvalue weighted by molar-refractivity contribution is 5.77. The molecular formula is C16H27F3O4. The first-order valence-corrected chi connectivity index (χ1v) is 7.83. The molecule has 0 aliphatic heterocycles. The summed E-state index contributed by atoms with van der Waals surface area (Å²) < 4.78 is 47.3. The first-order chi connectivity index (χ1) is 10.3. The highest BCUT2D eigenvalue weighted by atomic mass is 19.4. The molecule has 0 spiro atoms. The van der Waals surface area contributed by atoms with Crippen molar-refractivity contribution >= 4 is 11.9 Å². The highest BCUT2D eigenvalue weighted by Gasteiger charge is 2.42. The van der Waals surface area contributed by atoms with Crippen molar-refractivity contribution in [3.05, 3.63) is 0 Å². The highest BCUT2D eigenvalue weighted by Crippen LogP contribution is 2.32. The second-order valence-electron chi connectivity index (χ2n) is 6.37. The van der Waals surface area contributed by atoms with Crippen molar-refractivity contribution in [2.45, 2.75) is 85.1 Å². The van der Waals surface area contributed by atoms with Gasteiger partial charge >= 0.3 is 18.1 Å². The van der Waals surface area contributed by atoms with E-state index in [4.69, 9.17) is 4.74 Å². The lowest BCUT2D eigenvalue weighted by atomic mass is 9.88. The van der Waals surface area contributed by atoms with Gasteiger partial charge in [-0.2, -0.15) is 13.2 Å². The fraction of sp³-hybridized carbons (Fsp3) is 0.875. The Hall–Kier alpha value is -1.27. The average molecular weight is 340 g/mol. The summed E-state index contributed by atoms with van der Waals surface area (Å²) in [6, 6.07) is 0. The van der Waals surface area contributed by atoms with Gasteiger partial charge in [0, 0.05) is 0 Å². The molecule has 0 aromatic heterocycles. The lowest BCUT2D eigenvalue weighted by molar-refractivity contribution is -0.219. The van der Waals surface area contributed by atoms with E-state index in [1.165, 1.54) is 0 Å². The predicted octanol–water partition coefficient (Wildman–Crippen LogP) is 4.41. The Labute approximate surface area is 135 Å². The molecule has 0 fully saturated rings. The lowest BCUT2D eigenvalue weighted by Crippen LogP contribution is -2.42. The fourth-order valence-electron chi connectivity index (χ4n) is 1.73. The standard InChI is InChI=1S/C16H27F3O4/c1-7-14(5,6)13(21)23-15(8-2,9-3)10-12(20)22-11(4)16(17,18)19/h11H,7-10H2,1-6H3. The maximum atomic E-state index is 12.5. The molecule has 0 aromatic carbocycles. The largest absolute Gasteiger partial charge is 0.458 e. The molecular weight excluding hydrogens is 313 g/mol. The van der Waals surface area contributed by atoms with Gasteiger partial charge in [0.1, 0.15) is 5.60 Å². The van der Waals surface area contributed by atoms with Crippen molar-refractivity contribution in [2.24, 2.45) is 5.41 Å². The summed E-state index contributed by atoms with van der Waals surface area (Å²) in [5, 5.41) is 0. The van der Waals surface area contributed by atoms with Crippen molar-refractivity contribution in [2.75, 3.05) is 0 Å². The van der Waals surface area contributed by atoms with Crippen LogP contribution in [0.15, 0.2) is 0 Å². The Kier molecular flexibility index (Phi) is 7.57. The van der Waals surface area contributed by atoms with Crippen LogP contribution in [0.4, 0.5) is 13.2 Å². The van der Waals surface area contributed by atoms with Crippen LogP contribution in [0, 0.1) is 5.41 Å². The zero-order valence-electron chi connectivity index (χ0n) is 14.7. The molecule has 4 nitrogen and oxygen atoms in total. The van der Waals surface area contributed by atoms with Crippen LogP contribution in [0.25, 0.3) is 0 Å². The third-order valence-corrected chi connectivity index (χ3v) is 4.27. The molecule has 0 saturated heterocycles. The molecule has 0 N–H and O–H groups in total. The number of alkyl halides is 3. The molecule has 1 atom stereocenters. The summed E-state index contributed by atoms with van der Waals surface area (Å²) in [5.41, 5.74) is -1.87. The summed E-state index contributed by atoms with van der Waals surface area (Å²) in [6.45, 7) is 9.47. The zero-order valence-corrected chi connectivity index (χ0v) is 14.7. The summed E-state index contributed by atoms with van der Waals surface area (Å²) >= 11 is 0. The number of ether oxygens (including phenoxy) is 2. The molecule has 0 amide bonds. The van der Waals surface area contributed by atoms with E-state index in [2.05, 4.69) is 4.74 Å². The van der Waals surface area contributed by atoms with Gasteiger partial charge in [0.2, 0.25) is 0 Å². The molecule has 0 heterocycles. The quantitative estimate of drug-likeness (QED) is 0.614. The minimum Gasteiger partial charge on any atom is -0.458 e. The zero-order chi connectivity index (χ0) is 18.5. The van der Waals surface area contributed by atoms with Crippen LogP contribution in [-0.4, -0.2) is 29.8 Å². The number of hydrogen-bond acceptors (Lipinski definition) is 4. The smallest absolute Gasteiger partial charge is 0.425 e. The van der Waals surface area contributed by atoms with Crippen LogP contribution in [0.3, 0.4) is 0 Å². The Morgan fingerprint density at radius 1 is 1.00 bits per heavy atom. The maximum absolute atomic E-state index is 12.5. The topological polar surface area (TPSA) is 52.6 Å². The van der Waals surface area contributed by atoms with E-state index in [1.807, 2.05) is 6.92 Å². The van der Waals surface area contributed by atoms with E-state index in [-0.39, 0.29) is 0 Å². The van der Waals surface area contributed by atoms with Crippen molar-refractivity contribution in [1.29, 1.82) is 0 Å². The number of esters is 2. The molecule has 0 rings (SSSR count). The van der Waals surface area contributed by atoms with Crippen molar-refractivity contribution in [1.82, 2.24) is 0 Å². The molecule has 0 radical (unpaired) electrons. The van der Waals surface area contributed by atoms with Gasteiger partial charge in [0.05, 0.1) is 11.8 Å². The monoisotopic (exact) mass is 340 g/mol. The van der Waals surface area contributed by atoms with E-state index in [1.54, 1.807) is 27.7 Å². The van der Waals surface area contributed by atoms with Gasteiger partial charge in [-0.05, 0) is 40.0 Å². The Morgan fingerprint density at radius 3 is 1.83 bits per heavy atom. The number of hydrogen-bond donors (Lipinski definition) is 0. The Morgan fingerprint density at radius 2 is 1.48 bits per heavy atom. The number of rotatable bonds is 8. The number of halogens is 3. The lowest BCUT2D eigenvalue weighted by Gasteiger charge is -2.34. The summed E-state index contributed by atoms with van der Waals surface area (Å²) in [6.07, 6.45) is -6.03. The molecule has 0 aliphatic rings. The molecule has 0 aromatic rings. The van der Waals surface area contributed by atoms with Crippen LogP contribution >= 0.6 is 0 Å². The fourth-order valence-corrected chi connectivity index (χ4v) is 1.73. The van der Waals surface area contributed by atoms with Crippen LogP contribution in [0.1, 0.15) is 67.2 Å². The average Bonchev–Trinajstić information content (AvgIpc) is 2.45. The molecule has 23 heavy (non-hydrogen) atoms. The predicted molar refractivity (Wildman–Crippen MR) is 79.7 cm³/mol. The first-order valence-electron chi connectivity index (χ1n) is 7.83. The molecule has 1 unspecified atom stereocenters. The molecule has 0 saturated carbocycles. The van der Waals surface area contributed by atoms with Crippen molar-refractivity contribution in [3.8, 4) is 0 Å². The van der Waals surface area contributed by atoms with Gasteiger partial charge in [-0.1, -0.05) is 20.8 Å². The third kappa shape index (κ3) is 6.39. The third-order valence-electron chi connectivity index (χ3n) is 4.27. The second-order valence-corrected chi connectivity index (χ2v) is 6.37. The summed E-state index contributed by atoms with van der Waals surface area (Å²) in [7, 11) is 0. The van der Waals surface area contributed by atoms with Crippen molar-refractivity contribution < 1.29 is 32.2 Å². The van der Waals surface area contributed by atoms with Crippen molar-refractivity contribution in [3.63, 3.8) is 0 Å². The van der Waals surface area contributed by atoms with Crippen LogP contribution < -0.4 is 0 Å². The van der Waals surface area contributed by atoms with Gasteiger partial charge < -0.3 is 9.47 Å². The Bertz CT molecular complexity index is 412. The molecule has 136 valence electrons. The minimum atomic E-state index is -4.61. The van der Waals surface area contributed by atoms with E-state index < -0.39 is 41.7 Å². The van der Waals surface area contributed by atoms with Gasteiger partial charge in [-0.3, -0.25) is 9.59 Å². The van der Waals surface area contributed by atoms with Gasteiger partial charge in [-0.15, -0.1) is 0 Å². The van der Waals surface area contributed by atoms with E-state index >= 15 is 0 Å². The van der Waals surface area contributed by atoms with Gasteiger partial charge in [-0.25, -0.2) is 0 Å². The van der Waals surface area contributed by atoms with E-state index in [9.17, 15) is 22.8 Å². The molecule has 0 aliphatic carbocycles.